The van der Waals surface area contributed by atoms with Crippen molar-refractivity contribution in [1.29, 1.82) is 0 Å². The number of hydrogen-bond acceptors (Lipinski definition) is 3. The van der Waals surface area contributed by atoms with Gasteiger partial charge in [-0.1, -0.05) is 24.3 Å². The molecule has 0 aliphatic rings. The van der Waals surface area contributed by atoms with Crippen molar-refractivity contribution >= 4 is 0 Å². The number of phenolic OH excluding ortho intramolecular Hbond substituents is 1. The fraction of sp³-hybridized carbons (Fsp3) is 0.294. The summed E-state index contributed by atoms with van der Waals surface area (Å²) in [4.78, 5) is 0. The highest BCUT2D eigenvalue weighted by atomic mass is 16.5. The van der Waals surface area contributed by atoms with Gasteiger partial charge in [0.1, 0.15) is 11.5 Å². The Morgan fingerprint density at radius 1 is 1.05 bits per heavy atom. The van der Waals surface area contributed by atoms with Crippen LogP contribution in [0.15, 0.2) is 48.5 Å². The smallest absolute Gasteiger partial charge is 0.119 e. The van der Waals surface area contributed by atoms with E-state index in [9.17, 15) is 5.11 Å². The number of nitrogens with one attached hydrogen (secondary N) is 1. The lowest BCUT2D eigenvalue weighted by Crippen LogP contribution is -2.16. The molecule has 0 spiro atoms. The van der Waals surface area contributed by atoms with Crippen LogP contribution >= 0.6 is 0 Å². The van der Waals surface area contributed by atoms with Crippen LogP contribution in [0.5, 0.6) is 11.5 Å². The predicted octanol–water partition coefficient (Wildman–Crippen LogP) is 3.12. The third kappa shape index (κ3) is 4.59. The van der Waals surface area contributed by atoms with Crippen molar-refractivity contribution in [2.24, 2.45) is 0 Å². The molecular formula is C17H21NO2. The Morgan fingerprint density at radius 3 is 2.60 bits per heavy atom. The van der Waals surface area contributed by atoms with E-state index in [0.717, 1.165) is 25.3 Å². The van der Waals surface area contributed by atoms with E-state index in [0.29, 0.717) is 12.4 Å². The maximum absolute atomic E-state index is 9.22. The van der Waals surface area contributed by atoms with Gasteiger partial charge in [-0.25, -0.2) is 0 Å². The zero-order valence-electron chi connectivity index (χ0n) is 11.8. The molecule has 0 aliphatic heterocycles. The zero-order chi connectivity index (χ0) is 14.2. The molecule has 0 saturated heterocycles. The summed E-state index contributed by atoms with van der Waals surface area (Å²) in [6.07, 6.45) is 0.950. The maximum atomic E-state index is 9.22. The monoisotopic (exact) mass is 271 g/mol. The fourth-order valence-electron chi connectivity index (χ4n) is 2.04. The Bertz CT molecular complexity index is 523. The number of ether oxygens (including phenoxy) is 1. The molecule has 0 heterocycles. The van der Waals surface area contributed by atoms with Crippen LogP contribution in [-0.4, -0.2) is 18.3 Å². The lowest BCUT2D eigenvalue weighted by molar-refractivity contribution is 0.340. The highest BCUT2D eigenvalue weighted by molar-refractivity contribution is 5.28. The van der Waals surface area contributed by atoms with Crippen molar-refractivity contribution < 1.29 is 9.84 Å². The molecule has 2 N–H and O–H groups in total. The molecule has 3 nitrogen and oxygen atoms in total. The summed E-state index contributed by atoms with van der Waals surface area (Å²) < 4.78 is 5.48. The van der Waals surface area contributed by atoms with Gasteiger partial charge < -0.3 is 15.2 Å². The second kappa shape index (κ2) is 7.56. The summed E-state index contributed by atoms with van der Waals surface area (Å²) in [5.41, 5.74) is 2.44. The summed E-state index contributed by atoms with van der Waals surface area (Å²) >= 11 is 0. The minimum atomic E-state index is 0.314. The fourth-order valence-corrected chi connectivity index (χ4v) is 2.04. The molecule has 2 aromatic rings. The summed E-state index contributed by atoms with van der Waals surface area (Å²) in [7, 11) is 0. The standard InChI is InChI=1S/C17H21NO2/c1-2-20-17-5-3-4-15(12-17)13-18-11-10-14-6-8-16(19)9-7-14/h3-9,12,18-19H,2,10-11,13H2,1H3. The van der Waals surface area contributed by atoms with Crippen LogP contribution in [-0.2, 0) is 13.0 Å². The van der Waals surface area contributed by atoms with Gasteiger partial charge in [0, 0.05) is 6.54 Å². The van der Waals surface area contributed by atoms with Crippen LogP contribution in [0.3, 0.4) is 0 Å². The first kappa shape index (κ1) is 14.4. The van der Waals surface area contributed by atoms with Crippen LogP contribution in [0.4, 0.5) is 0 Å². The minimum absolute atomic E-state index is 0.314. The minimum Gasteiger partial charge on any atom is -0.508 e. The van der Waals surface area contributed by atoms with Crippen molar-refractivity contribution in [3.8, 4) is 11.5 Å². The average Bonchev–Trinajstić information content (AvgIpc) is 2.46. The Labute approximate surface area is 120 Å². The molecule has 0 fully saturated rings. The Morgan fingerprint density at radius 2 is 1.85 bits per heavy atom. The second-order valence-corrected chi connectivity index (χ2v) is 4.67. The first-order valence-corrected chi connectivity index (χ1v) is 6.98. The van der Waals surface area contributed by atoms with Gasteiger partial charge in [0.25, 0.3) is 0 Å². The van der Waals surface area contributed by atoms with Gasteiger partial charge in [-0.05, 0) is 55.3 Å². The lowest BCUT2D eigenvalue weighted by atomic mass is 10.1. The lowest BCUT2D eigenvalue weighted by Gasteiger charge is -2.08. The van der Waals surface area contributed by atoms with Gasteiger partial charge >= 0.3 is 0 Å². The Kier molecular flexibility index (Phi) is 5.44. The van der Waals surface area contributed by atoms with E-state index in [-0.39, 0.29) is 0 Å². The van der Waals surface area contributed by atoms with Gasteiger partial charge in [0.2, 0.25) is 0 Å². The quantitative estimate of drug-likeness (QED) is 0.760. The molecule has 0 unspecified atom stereocenters. The van der Waals surface area contributed by atoms with Crippen LogP contribution in [0.2, 0.25) is 0 Å². The molecule has 106 valence electrons. The SMILES string of the molecule is CCOc1cccc(CNCCc2ccc(O)cc2)c1. The zero-order valence-corrected chi connectivity index (χ0v) is 11.8. The molecule has 0 atom stereocenters. The number of hydrogen-bond donors (Lipinski definition) is 2. The van der Waals surface area contributed by atoms with Gasteiger partial charge in [-0.15, -0.1) is 0 Å². The molecule has 0 radical (unpaired) electrons. The van der Waals surface area contributed by atoms with Crippen molar-refractivity contribution in [3.63, 3.8) is 0 Å². The van der Waals surface area contributed by atoms with Gasteiger partial charge in [-0.2, -0.15) is 0 Å². The molecule has 0 aliphatic carbocycles. The topological polar surface area (TPSA) is 41.5 Å². The second-order valence-electron chi connectivity index (χ2n) is 4.67. The molecule has 2 aromatic carbocycles. The summed E-state index contributed by atoms with van der Waals surface area (Å²) in [5.74, 6) is 1.24. The molecule has 0 amide bonds. The van der Waals surface area contributed by atoms with Crippen molar-refractivity contribution in [3.05, 3.63) is 59.7 Å². The summed E-state index contributed by atoms with van der Waals surface area (Å²) in [6, 6.07) is 15.5. The van der Waals surface area contributed by atoms with E-state index in [1.165, 1.54) is 11.1 Å². The number of aromatic hydroxyl groups is 1. The van der Waals surface area contributed by atoms with Gasteiger partial charge in [0.15, 0.2) is 0 Å². The molecular weight excluding hydrogens is 250 g/mol. The molecule has 0 saturated carbocycles. The first-order valence-electron chi connectivity index (χ1n) is 6.98. The van der Waals surface area contributed by atoms with Gasteiger partial charge in [-0.3, -0.25) is 0 Å². The maximum Gasteiger partial charge on any atom is 0.119 e. The summed E-state index contributed by atoms with van der Waals surface area (Å²) in [6.45, 7) is 4.42. The number of rotatable bonds is 7. The molecule has 3 heteroatoms. The Hall–Kier alpha value is -2.00. The number of phenols is 1. The first-order chi connectivity index (χ1) is 9.78. The van der Waals surface area contributed by atoms with Crippen LogP contribution in [0, 0.1) is 0 Å². The normalized spacial score (nSPS) is 10.4. The largest absolute Gasteiger partial charge is 0.508 e. The van der Waals surface area contributed by atoms with E-state index < -0.39 is 0 Å². The van der Waals surface area contributed by atoms with Crippen molar-refractivity contribution in [2.75, 3.05) is 13.2 Å². The van der Waals surface area contributed by atoms with E-state index >= 15 is 0 Å². The predicted molar refractivity (Wildman–Crippen MR) is 81.1 cm³/mol. The highest BCUT2D eigenvalue weighted by Gasteiger charge is 1.97. The molecule has 20 heavy (non-hydrogen) atoms. The van der Waals surface area contributed by atoms with E-state index in [2.05, 4.69) is 17.4 Å². The van der Waals surface area contributed by atoms with Gasteiger partial charge in [0.05, 0.1) is 6.61 Å². The van der Waals surface area contributed by atoms with Crippen LogP contribution in [0.1, 0.15) is 18.1 Å². The number of benzene rings is 2. The summed E-state index contributed by atoms with van der Waals surface area (Å²) in [5, 5.41) is 12.6. The average molecular weight is 271 g/mol. The van der Waals surface area contributed by atoms with E-state index in [1.807, 2.05) is 31.2 Å². The Balaban J connectivity index is 1.75. The van der Waals surface area contributed by atoms with Crippen molar-refractivity contribution in [2.45, 2.75) is 19.9 Å². The molecule has 0 aromatic heterocycles. The highest BCUT2D eigenvalue weighted by Crippen LogP contribution is 2.13. The third-order valence-corrected chi connectivity index (χ3v) is 3.07. The van der Waals surface area contributed by atoms with Crippen LogP contribution in [0.25, 0.3) is 0 Å². The molecule has 2 rings (SSSR count). The van der Waals surface area contributed by atoms with E-state index in [4.69, 9.17) is 4.74 Å². The van der Waals surface area contributed by atoms with E-state index in [1.54, 1.807) is 12.1 Å². The third-order valence-electron chi connectivity index (χ3n) is 3.07. The van der Waals surface area contributed by atoms with Crippen molar-refractivity contribution in [1.82, 2.24) is 5.32 Å². The molecule has 0 bridgehead atoms. The van der Waals surface area contributed by atoms with Crippen LogP contribution < -0.4 is 10.1 Å².